The molecule has 0 unspecified atom stereocenters. The molecule has 0 fully saturated rings. The molecule has 0 spiro atoms. The first kappa shape index (κ1) is 10.5. The van der Waals surface area contributed by atoms with Gasteiger partial charge in [-0.25, -0.2) is 0 Å². The molecule has 11 heavy (non-hydrogen) atoms. The van der Waals surface area contributed by atoms with E-state index in [1.165, 1.54) is 0 Å². The molecule has 0 aromatic heterocycles. The van der Waals surface area contributed by atoms with E-state index in [9.17, 15) is 0 Å². The summed E-state index contributed by atoms with van der Waals surface area (Å²) in [5.41, 5.74) is 0. The number of halogens is 1. The molecule has 0 saturated carbocycles. The monoisotopic (exact) mass is 170 g/mol. The summed E-state index contributed by atoms with van der Waals surface area (Å²) in [4.78, 5) is -0.0278. The third kappa shape index (κ3) is 17.7. The quantitative estimate of drug-likeness (QED) is 0.521. The SMILES string of the molecule is CC(C)(C)Cl.c1ccccc1. The van der Waals surface area contributed by atoms with Gasteiger partial charge in [0, 0.05) is 4.87 Å². The summed E-state index contributed by atoms with van der Waals surface area (Å²) in [5.74, 6) is 0. The van der Waals surface area contributed by atoms with E-state index in [0.29, 0.717) is 0 Å². The van der Waals surface area contributed by atoms with Crippen LogP contribution < -0.4 is 0 Å². The topological polar surface area (TPSA) is 0 Å². The molecule has 0 heterocycles. The van der Waals surface area contributed by atoms with Crippen molar-refractivity contribution in [2.75, 3.05) is 0 Å². The van der Waals surface area contributed by atoms with Gasteiger partial charge in [0.25, 0.3) is 0 Å². The average Bonchev–Trinajstić information content (AvgIpc) is 1.88. The van der Waals surface area contributed by atoms with Gasteiger partial charge >= 0.3 is 0 Å². The van der Waals surface area contributed by atoms with Gasteiger partial charge in [0.15, 0.2) is 0 Å². The first-order chi connectivity index (χ1) is 5.00. The Morgan fingerprint density at radius 1 is 0.727 bits per heavy atom. The van der Waals surface area contributed by atoms with Crippen LogP contribution in [0, 0.1) is 0 Å². The lowest BCUT2D eigenvalue weighted by atomic mass is 10.3. The Balaban J connectivity index is 0.000000187. The van der Waals surface area contributed by atoms with Gasteiger partial charge in [-0.15, -0.1) is 11.6 Å². The lowest BCUT2D eigenvalue weighted by Crippen LogP contribution is -1.99. The van der Waals surface area contributed by atoms with Gasteiger partial charge in [0.05, 0.1) is 0 Å². The van der Waals surface area contributed by atoms with E-state index in [2.05, 4.69) is 0 Å². The maximum Gasteiger partial charge on any atom is 0.0362 e. The zero-order valence-corrected chi connectivity index (χ0v) is 8.10. The third-order valence-corrected chi connectivity index (χ3v) is 0.667. The third-order valence-electron chi connectivity index (χ3n) is 0.667. The molecule has 0 nitrogen and oxygen atoms in total. The van der Waals surface area contributed by atoms with Crippen molar-refractivity contribution < 1.29 is 0 Å². The van der Waals surface area contributed by atoms with Gasteiger partial charge < -0.3 is 0 Å². The molecule has 1 aromatic rings. The van der Waals surface area contributed by atoms with Crippen LogP contribution in [-0.2, 0) is 0 Å². The Morgan fingerprint density at radius 2 is 0.818 bits per heavy atom. The molecular formula is C10H15Cl. The highest BCUT2D eigenvalue weighted by atomic mass is 35.5. The minimum Gasteiger partial charge on any atom is -0.120 e. The van der Waals surface area contributed by atoms with Crippen molar-refractivity contribution in [1.29, 1.82) is 0 Å². The summed E-state index contributed by atoms with van der Waals surface area (Å²) in [5, 5.41) is 0. The first-order valence-electron chi connectivity index (χ1n) is 3.69. The van der Waals surface area contributed by atoms with Crippen LogP contribution in [0.2, 0.25) is 0 Å². The van der Waals surface area contributed by atoms with Gasteiger partial charge in [-0.1, -0.05) is 36.4 Å². The van der Waals surface area contributed by atoms with Crippen molar-refractivity contribution in [2.24, 2.45) is 0 Å². The second-order valence-corrected chi connectivity index (χ2v) is 4.36. The molecule has 1 aromatic carbocycles. The zero-order chi connectivity index (χ0) is 8.74. The molecule has 0 radical (unpaired) electrons. The molecule has 62 valence electrons. The van der Waals surface area contributed by atoms with Gasteiger partial charge in [-0.3, -0.25) is 0 Å². The number of hydrogen-bond donors (Lipinski definition) is 0. The average molecular weight is 171 g/mol. The Morgan fingerprint density at radius 3 is 0.909 bits per heavy atom. The summed E-state index contributed by atoms with van der Waals surface area (Å²) in [6.45, 7) is 5.86. The Bertz CT molecular complexity index is 129. The maximum absolute atomic E-state index is 5.53. The van der Waals surface area contributed by atoms with Crippen LogP contribution in [0.15, 0.2) is 36.4 Å². The van der Waals surface area contributed by atoms with Crippen molar-refractivity contribution in [1.82, 2.24) is 0 Å². The minimum absolute atomic E-state index is 0.0278. The second-order valence-electron chi connectivity index (χ2n) is 3.22. The first-order valence-corrected chi connectivity index (χ1v) is 4.07. The molecule has 0 saturated heterocycles. The predicted molar refractivity (Wildman–Crippen MR) is 52.0 cm³/mol. The lowest BCUT2D eigenvalue weighted by molar-refractivity contribution is 0.788. The molecule has 0 atom stereocenters. The molecular weight excluding hydrogens is 156 g/mol. The van der Waals surface area contributed by atoms with E-state index in [-0.39, 0.29) is 4.87 Å². The van der Waals surface area contributed by atoms with E-state index >= 15 is 0 Å². The normalized spacial score (nSPS) is 9.82. The molecule has 0 aliphatic carbocycles. The molecule has 0 bridgehead atoms. The molecule has 0 aliphatic rings. The fourth-order valence-electron chi connectivity index (χ4n) is 0.385. The Labute approximate surface area is 74.2 Å². The number of benzene rings is 1. The van der Waals surface area contributed by atoms with Crippen molar-refractivity contribution in [3.63, 3.8) is 0 Å². The predicted octanol–water partition coefficient (Wildman–Crippen LogP) is 3.71. The van der Waals surface area contributed by atoms with Crippen LogP contribution in [0.3, 0.4) is 0 Å². The van der Waals surface area contributed by atoms with Gasteiger partial charge in [-0.2, -0.15) is 0 Å². The summed E-state index contributed by atoms with van der Waals surface area (Å²) in [6.07, 6.45) is 0. The summed E-state index contributed by atoms with van der Waals surface area (Å²) in [7, 11) is 0. The highest BCUT2D eigenvalue weighted by molar-refractivity contribution is 6.23. The Hall–Kier alpha value is -0.490. The van der Waals surface area contributed by atoms with Crippen molar-refractivity contribution in [3.05, 3.63) is 36.4 Å². The molecule has 1 heteroatoms. The van der Waals surface area contributed by atoms with Crippen LogP contribution in [0.4, 0.5) is 0 Å². The molecule has 0 amide bonds. The largest absolute Gasteiger partial charge is 0.120 e. The maximum atomic E-state index is 5.53. The van der Waals surface area contributed by atoms with Crippen LogP contribution in [0.25, 0.3) is 0 Å². The standard InChI is InChI=1S/C6H6.C4H9Cl/c1-2-4-6-5-3-1;1-4(2,3)5/h1-6H;1-3H3. The van der Waals surface area contributed by atoms with E-state index < -0.39 is 0 Å². The van der Waals surface area contributed by atoms with Gasteiger partial charge in [-0.05, 0) is 20.8 Å². The highest BCUT2D eigenvalue weighted by Crippen LogP contribution is 2.07. The van der Waals surface area contributed by atoms with E-state index in [4.69, 9.17) is 11.6 Å². The number of alkyl halides is 1. The zero-order valence-electron chi connectivity index (χ0n) is 7.34. The summed E-state index contributed by atoms with van der Waals surface area (Å²) >= 11 is 5.53. The fraction of sp³-hybridized carbons (Fsp3) is 0.400. The molecule has 0 aliphatic heterocycles. The second kappa shape index (κ2) is 5.20. The molecule has 1 rings (SSSR count). The summed E-state index contributed by atoms with van der Waals surface area (Å²) < 4.78 is 0. The van der Waals surface area contributed by atoms with Crippen LogP contribution in [0.1, 0.15) is 20.8 Å². The fourth-order valence-corrected chi connectivity index (χ4v) is 0.385. The van der Waals surface area contributed by atoms with E-state index in [1.807, 2.05) is 57.2 Å². The van der Waals surface area contributed by atoms with Crippen molar-refractivity contribution in [2.45, 2.75) is 25.6 Å². The van der Waals surface area contributed by atoms with Crippen molar-refractivity contribution >= 4 is 11.6 Å². The molecule has 0 N–H and O–H groups in total. The lowest BCUT2D eigenvalue weighted by Gasteiger charge is -2.01. The van der Waals surface area contributed by atoms with Crippen LogP contribution in [0.5, 0.6) is 0 Å². The minimum atomic E-state index is -0.0278. The van der Waals surface area contributed by atoms with Gasteiger partial charge in [0.1, 0.15) is 0 Å². The van der Waals surface area contributed by atoms with E-state index in [1.54, 1.807) is 0 Å². The van der Waals surface area contributed by atoms with E-state index in [0.717, 1.165) is 0 Å². The van der Waals surface area contributed by atoms with Crippen molar-refractivity contribution in [3.8, 4) is 0 Å². The Kier molecular flexibility index (Phi) is 4.97. The number of hydrogen-bond acceptors (Lipinski definition) is 0. The summed E-state index contributed by atoms with van der Waals surface area (Å²) in [6, 6.07) is 12.0. The number of rotatable bonds is 0. The highest BCUT2D eigenvalue weighted by Gasteiger charge is 1.99. The van der Waals surface area contributed by atoms with Crippen LogP contribution >= 0.6 is 11.6 Å². The van der Waals surface area contributed by atoms with Gasteiger partial charge in [0.2, 0.25) is 0 Å². The van der Waals surface area contributed by atoms with Crippen LogP contribution in [-0.4, -0.2) is 4.87 Å². The smallest absolute Gasteiger partial charge is 0.0362 e.